The predicted molar refractivity (Wildman–Crippen MR) is 80.4 cm³/mol. The number of hydrogen-bond donors (Lipinski definition) is 2. The summed E-state index contributed by atoms with van der Waals surface area (Å²) < 4.78 is 0. The molecule has 1 aliphatic heterocycles. The molecule has 19 heavy (non-hydrogen) atoms. The summed E-state index contributed by atoms with van der Waals surface area (Å²) in [6, 6.07) is -1.32. The van der Waals surface area contributed by atoms with E-state index in [1.165, 1.54) is 4.90 Å². The Labute approximate surface area is 122 Å². The van der Waals surface area contributed by atoms with E-state index in [2.05, 4.69) is 0 Å². The molecule has 3 N–H and O–H groups in total. The SMILES string of the molecule is CCCC1SCC(C(=O)O)N1C(=O)[C@@H](N)CCSC. The van der Waals surface area contributed by atoms with E-state index < -0.39 is 18.1 Å². The summed E-state index contributed by atoms with van der Waals surface area (Å²) >= 11 is 3.18. The van der Waals surface area contributed by atoms with Crippen LogP contribution in [0.1, 0.15) is 26.2 Å². The van der Waals surface area contributed by atoms with Gasteiger partial charge in [0.05, 0.1) is 11.4 Å². The van der Waals surface area contributed by atoms with Crippen molar-refractivity contribution in [3.8, 4) is 0 Å². The molecule has 0 radical (unpaired) electrons. The predicted octanol–water partition coefficient (Wildman–Crippen LogP) is 1.22. The molecule has 110 valence electrons. The van der Waals surface area contributed by atoms with Gasteiger partial charge in [0.15, 0.2) is 0 Å². The highest BCUT2D eigenvalue weighted by Crippen LogP contribution is 2.32. The number of carbonyl (C=O) groups excluding carboxylic acids is 1. The first-order valence-electron chi connectivity index (χ1n) is 6.44. The van der Waals surface area contributed by atoms with Gasteiger partial charge < -0.3 is 15.7 Å². The van der Waals surface area contributed by atoms with E-state index in [0.29, 0.717) is 12.2 Å². The minimum Gasteiger partial charge on any atom is -0.480 e. The second-order valence-electron chi connectivity index (χ2n) is 4.56. The lowest BCUT2D eigenvalue weighted by molar-refractivity contribution is -0.149. The minimum atomic E-state index is -0.934. The van der Waals surface area contributed by atoms with E-state index in [-0.39, 0.29) is 11.3 Å². The molecular formula is C12H22N2O3S2. The van der Waals surface area contributed by atoms with Crippen molar-refractivity contribution < 1.29 is 14.7 Å². The summed E-state index contributed by atoms with van der Waals surface area (Å²) in [5, 5.41) is 9.18. The Kier molecular flexibility index (Phi) is 7.02. The van der Waals surface area contributed by atoms with Crippen LogP contribution in [0.2, 0.25) is 0 Å². The molecule has 0 aromatic carbocycles. The van der Waals surface area contributed by atoms with Gasteiger partial charge in [-0.3, -0.25) is 4.79 Å². The van der Waals surface area contributed by atoms with E-state index >= 15 is 0 Å². The fourth-order valence-electron chi connectivity index (χ4n) is 2.08. The molecule has 5 nitrogen and oxygen atoms in total. The Morgan fingerprint density at radius 3 is 2.79 bits per heavy atom. The molecule has 2 unspecified atom stereocenters. The Morgan fingerprint density at radius 2 is 2.26 bits per heavy atom. The fraction of sp³-hybridized carbons (Fsp3) is 0.833. The second-order valence-corrected chi connectivity index (χ2v) is 6.76. The Morgan fingerprint density at radius 1 is 1.58 bits per heavy atom. The van der Waals surface area contributed by atoms with Crippen LogP contribution < -0.4 is 5.73 Å². The second kappa shape index (κ2) is 8.01. The summed E-state index contributed by atoms with van der Waals surface area (Å²) in [4.78, 5) is 25.1. The number of carbonyl (C=O) groups is 2. The first kappa shape index (κ1) is 16.7. The van der Waals surface area contributed by atoms with Gasteiger partial charge in [-0.1, -0.05) is 13.3 Å². The minimum absolute atomic E-state index is 0.0427. The highest BCUT2D eigenvalue weighted by Gasteiger charge is 2.42. The molecule has 0 aliphatic carbocycles. The van der Waals surface area contributed by atoms with Crippen molar-refractivity contribution in [2.75, 3.05) is 17.8 Å². The number of carboxylic acids is 1. The zero-order chi connectivity index (χ0) is 14.4. The molecule has 0 aromatic heterocycles. The topological polar surface area (TPSA) is 83.6 Å². The van der Waals surface area contributed by atoms with Gasteiger partial charge in [0.1, 0.15) is 6.04 Å². The van der Waals surface area contributed by atoms with Crippen LogP contribution in [0, 0.1) is 0 Å². The average Bonchev–Trinajstić information content (AvgIpc) is 2.79. The third kappa shape index (κ3) is 4.29. The van der Waals surface area contributed by atoms with Crippen molar-refractivity contribution in [3.63, 3.8) is 0 Å². The molecule has 1 amide bonds. The fourth-order valence-corrected chi connectivity index (χ4v) is 4.09. The van der Waals surface area contributed by atoms with Crippen molar-refractivity contribution in [2.45, 2.75) is 43.6 Å². The van der Waals surface area contributed by atoms with Crippen LogP contribution in [-0.4, -0.2) is 57.1 Å². The third-order valence-corrected chi connectivity index (χ3v) is 5.12. The molecule has 0 saturated carbocycles. The third-order valence-electron chi connectivity index (χ3n) is 3.12. The Balaban J connectivity index is 2.76. The summed E-state index contributed by atoms with van der Waals surface area (Å²) in [6.45, 7) is 2.03. The van der Waals surface area contributed by atoms with Gasteiger partial charge in [-0.15, -0.1) is 11.8 Å². The first-order chi connectivity index (χ1) is 9.02. The number of hydrogen-bond acceptors (Lipinski definition) is 5. The van der Waals surface area contributed by atoms with Crippen molar-refractivity contribution in [1.29, 1.82) is 0 Å². The number of nitrogens with two attached hydrogens (primary N) is 1. The van der Waals surface area contributed by atoms with Gasteiger partial charge >= 0.3 is 5.97 Å². The Bertz CT molecular complexity index is 328. The van der Waals surface area contributed by atoms with Gasteiger partial charge in [0, 0.05) is 5.75 Å². The van der Waals surface area contributed by atoms with Crippen LogP contribution in [0.25, 0.3) is 0 Å². The maximum Gasteiger partial charge on any atom is 0.327 e. The summed E-state index contributed by atoms with van der Waals surface area (Å²) in [5.74, 6) is 0.117. The maximum absolute atomic E-state index is 12.4. The molecule has 1 saturated heterocycles. The molecule has 0 spiro atoms. The van der Waals surface area contributed by atoms with Crippen LogP contribution in [-0.2, 0) is 9.59 Å². The van der Waals surface area contributed by atoms with Gasteiger partial charge in [0.2, 0.25) is 5.91 Å². The van der Waals surface area contributed by atoms with Crippen LogP contribution in [0.3, 0.4) is 0 Å². The summed E-state index contributed by atoms with van der Waals surface area (Å²) in [5.41, 5.74) is 5.90. The number of carboxylic acid groups (broad SMARTS) is 1. The number of thioether (sulfide) groups is 2. The molecule has 0 aromatic rings. The smallest absolute Gasteiger partial charge is 0.327 e. The zero-order valence-corrected chi connectivity index (χ0v) is 13.0. The monoisotopic (exact) mass is 306 g/mol. The first-order valence-corrected chi connectivity index (χ1v) is 8.88. The van der Waals surface area contributed by atoms with Gasteiger partial charge in [-0.25, -0.2) is 4.79 Å². The van der Waals surface area contributed by atoms with Gasteiger partial charge in [0.25, 0.3) is 0 Å². The van der Waals surface area contributed by atoms with Crippen LogP contribution in [0.4, 0.5) is 0 Å². The van der Waals surface area contributed by atoms with Crippen molar-refractivity contribution >= 4 is 35.4 Å². The van der Waals surface area contributed by atoms with Gasteiger partial charge in [-0.2, -0.15) is 11.8 Å². The molecular weight excluding hydrogens is 284 g/mol. The van der Waals surface area contributed by atoms with Crippen molar-refractivity contribution in [2.24, 2.45) is 5.73 Å². The highest BCUT2D eigenvalue weighted by atomic mass is 32.2. The molecule has 7 heteroatoms. The molecule has 1 aliphatic rings. The summed E-state index contributed by atoms with van der Waals surface area (Å²) in [7, 11) is 0. The molecule has 1 fully saturated rings. The van der Waals surface area contributed by atoms with Gasteiger partial charge in [-0.05, 0) is 24.9 Å². The van der Waals surface area contributed by atoms with Crippen molar-refractivity contribution in [1.82, 2.24) is 4.90 Å². The lowest BCUT2D eigenvalue weighted by Crippen LogP contribution is -2.52. The standard InChI is InChI=1S/C12H22N2O3S2/c1-3-4-10-14(9(7-19-10)12(16)17)11(15)8(13)5-6-18-2/h8-10H,3-7,13H2,1-2H3,(H,16,17)/t8-,9?,10?/m0/s1. The quantitative estimate of drug-likeness (QED) is 0.736. The average molecular weight is 306 g/mol. The number of amides is 1. The summed E-state index contributed by atoms with van der Waals surface area (Å²) in [6.07, 6.45) is 4.29. The van der Waals surface area contributed by atoms with E-state index in [9.17, 15) is 14.7 Å². The van der Waals surface area contributed by atoms with Crippen LogP contribution in [0.15, 0.2) is 0 Å². The lowest BCUT2D eigenvalue weighted by Gasteiger charge is -2.29. The van der Waals surface area contributed by atoms with Crippen molar-refractivity contribution in [3.05, 3.63) is 0 Å². The van der Waals surface area contributed by atoms with Crippen LogP contribution in [0.5, 0.6) is 0 Å². The van der Waals surface area contributed by atoms with E-state index in [0.717, 1.165) is 18.6 Å². The highest BCUT2D eigenvalue weighted by molar-refractivity contribution is 8.00. The number of nitrogens with zero attached hydrogens (tertiary/aromatic N) is 1. The number of rotatable bonds is 7. The van der Waals surface area contributed by atoms with E-state index in [1.807, 2.05) is 13.2 Å². The largest absolute Gasteiger partial charge is 0.480 e. The lowest BCUT2D eigenvalue weighted by atomic mass is 10.1. The number of aliphatic carboxylic acids is 1. The molecule has 3 atom stereocenters. The molecule has 1 rings (SSSR count). The van der Waals surface area contributed by atoms with E-state index in [4.69, 9.17) is 5.73 Å². The normalized spacial score (nSPS) is 24.5. The zero-order valence-electron chi connectivity index (χ0n) is 11.4. The maximum atomic E-state index is 12.4. The van der Waals surface area contributed by atoms with E-state index in [1.54, 1.807) is 23.5 Å². The van der Waals surface area contributed by atoms with Crippen LogP contribution >= 0.6 is 23.5 Å². The molecule has 1 heterocycles. The Hall–Kier alpha value is -0.400. The molecule has 0 bridgehead atoms.